The molecular formula is C14H19NO5S. The third-order valence-corrected chi connectivity index (χ3v) is 3.86. The van der Waals surface area contributed by atoms with E-state index in [0.717, 1.165) is 6.42 Å². The third kappa shape index (κ3) is 7.45. The zero-order valence-electron chi connectivity index (χ0n) is 11.6. The van der Waals surface area contributed by atoms with Gasteiger partial charge in [-0.15, -0.1) is 11.3 Å². The Kier molecular flexibility index (Phi) is 7.45. The molecule has 0 unspecified atom stereocenters. The van der Waals surface area contributed by atoms with Crippen molar-refractivity contribution in [3.8, 4) is 0 Å². The van der Waals surface area contributed by atoms with Crippen molar-refractivity contribution in [1.29, 1.82) is 0 Å². The molecule has 0 aliphatic rings. The molecule has 1 aromatic heterocycles. The van der Waals surface area contributed by atoms with E-state index in [4.69, 9.17) is 10.2 Å². The van der Waals surface area contributed by atoms with Gasteiger partial charge in [0.15, 0.2) is 0 Å². The molecule has 1 rings (SSSR count). The van der Waals surface area contributed by atoms with E-state index >= 15 is 0 Å². The van der Waals surface area contributed by atoms with Crippen LogP contribution in [-0.2, 0) is 20.8 Å². The molecule has 3 N–H and O–H groups in total. The Hall–Kier alpha value is -1.89. The number of amides is 1. The van der Waals surface area contributed by atoms with Crippen molar-refractivity contribution >= 4 is 29.2 Å². The molecule has 0 fully saturated rings. The zero-order valence-corrected chi connectivity index (χ0v) is 12.4. The van der Waals surface area contributed by atoms with Crippen LogP contribution in [0.1, 0.15) is 37.0 Å². The molecule has 1 aromatic rings. The standard InChI is InChI=1S/C14H19NO5S/c16-12(7-1-4-10-5-3-9-21-10)15-11(14(19)20)6-2-8-13(17)18/h3,5,9,11H,1-2,4,6-8H2,(H,15,16)(H,17,18)(H,19,20)/t11-/m1/s1. The molecule has 1 atom stereocenters. The summed E-state index contributed by atoms with van der Waals surface area (Å²) >= 11 is 1.63. The van der Waals surface area contributed by atoms with Crippen molar-refractivity contribution in [3.05, 3.63) is 22.4 Å². The van der Waals surface area contributed by atoms with E-state index in [1.807, 2.05) is 17.5 Å². The van der Waals surface area contributed by atoms with Crippen LogP contribution < -0.4 is 5.32 Å². The van der Waals surface area contributed by atoms with E-state index in [0.29, 0.717) is 6.42 Å². The number of aryl methyl sites for hydroxylation is 1. The lowest BCUT2D eigenvalue weighted by Gasteiger charge is -2.13. The summed E-state index contributed by atoms with van der Waals surface area (Å²) in [6.07, 6.45) is 1.97. The number of carbonyl (C=O) groups is 3. The van der Waals surface area contributed by atoms with Gasteiger partial charge in [0.05, 0.1) is 0 Å². The van der Waals surface area contributed by atoms with Crippen LogP contribution >= 0.6 is 11.3 Å². The minimum atomic E-state index is -1.13. The first-order valence-corrected chi connectivity index (χ1v) is 7.63. The highest BCUT2D eigenvalue weighted by atomic mass is 32.1. The fourth-order valence-corrected chi connectivity index (χ4v) is 2.61. The lowest BCUT2D eigenvalue weighted by molar-refractivity contribution is -0.142. The van der Waals surface area contributed by atoms with E-state index in [1.165, 1.54) is 4.88 Å². The molecule has 6 nitrogen and oxygen atoms in total. The fourth-order valence-electron chi connectivity index (χ4n) is 1.86. The maximum atomic E-state index is 11.7. The van der Waals surface area contributed by atoms with Gasteiger partial charge in [0.25, 0.3) is 0 Å². The Balaban J connectivity index is 2.27. The molecule has 7 heteroatoms. The smallest absolute Gasteiger partial charge is 0.326 e. The van der Waals surface area contributed by atoms with Crippen LogP contribution in [0.3, 0.4) is 0 Å². The minimum Gasteiger partial charge on any atom is -0.481 e. The summed E-state index contributed by atoms with van der Waals surface area (Å²) < 4.78 is 0. The van der Waals surface area contributed by atoms with Crippen LogP contribution in [0, 0.1) is 0 Å². The monoisotopic (exact) mass is 313 g/mol. The van der Waals surface area contributed by atoms with Gasteiger partial charge in [-0.05, 0) is 37.1 Å². The van der Waals surface area contributed by atoms with Crippen molar-refractivity contribution in [1.82, 2.24) is 5.32 Å². The first-order valence-electron chi connectivity index (χ1n) is 6.75. The second-order valence-electron chi connectivity index (χ2n) is 4.68. The number of aliphatic carboxylic acids is 2. The Morgan fingerprint density at radius 3 is 2.52 bits per heavy atom. The normalized spacial score (nSPS) is 11.8. The molecule has 0 saturated heterocycles. The molecule has 0 saturated carbocycles. The third-order valence-electron chi connectivity index (χ3n) is 2.92. The predicted octanol–water partition coefficient (Wildman–Crippen LogP) is 1.90. The highest BCUT2D eigenvalue weighted by Crippen LogP contribution is 2.12. The summed E-state index contributed by atoms with van der Waals surface area (Å²) in [7, 11) is 0. The average Bonchev–Trinajstić information content (AvgIpc) is 2.90. The number of hydrogen-bond acceptors (Lipinski definition) is 4. The molecule has 0 aliphatic carbocycles. The van der Waals surface area contributed by atoms with Gasteiger partial charge in [0, 0.05) is 17.7 Å². The van der Waals surface area contributed by atoms with E-state index in [-0.39, 0.29) is 31.6 Å². The Morgan fingerprint density at radius 1 is 1.19 bits per heavy atom. The fraction of sp³-hybridized carbons (Fsp3) is 0.500. The molecule has 0 aliphatic heterocycles. The van der Waals surface area contributed by atoms with E-state index in [2.05, 4.69) is 5.32 Å². The first-order chi connectivity index (χ1) is 9.99. The SMILES string of the molecule is O=C(O)CCC[C@@H](NC(=O)CCCc1cccs1)C(=O)O. The van der Waals surface area contributed by atoms with Gasteiger partial charge in [-0.3, -0.25) is 9.59 Å². The molecule has 21 heavy (non-hydrogen) atoms. The zero-order chi connectivity index (χ0) is 15.7. The average molecular weight is 313 g/mol. The summed E-state index contributed by atoms with van der Waals surface area (Å²) in [4.78, 5) is 34.3. The van der Waals surface area contributed by atoms with Crippen molar-refractivity contribution in [2.24, 2.45) is 0 Å². The number of carbonyl (C=O) groups excluding carboxylic acids is 1. The second-order valence-corrected chi connectivity index (χ2v) is 5.71. The first kappa shape index (κ1) is 17.2. The molecule has 1 amide bonds. The van der Waals surface area contributed by atoms with Crippen LogP contribution in [-0.4, -0.2) is 34.1 Å². The molecule has 116 valence electrons. The number of rotatable bonds is 10. The van der Waals surface area contributed by atoms with E-state index < -0.39 is 18.0 Å². The van der Waals surface area contributed by atoms with Crippen LogP contribution in [0.4, 0.5) is 0 Å². The molecule has 0 aromatic carbocycles. The topological polar surface area (TPSA) is 104 Å². The highest BCUT2D eigenvalue weighted by Gasteiger charge is 2.19. The second kappa shape index (κ2) is 9.12. The Labute approximate surface area is 126 Å². The van der Waals surface area contributed by atoms with Crippen LogP contribution in [0.25, 0.3) is 0 Å². The van der Waals surface area contributed by atoms with Gasteiger partial charge in [0.1, 0.15) is 6.04 Å². The van der Waals surface area contributed by atoms with Crippen molar-refractivity contribution in [2.75, 3.05) is 0 Å². The van der Waals surface area contributed by atoms with Crippen molar-refractivity contribution in [3.63, 3.8) is 0 Å². The number of nitrogens with one attached hydrogen (secondary N) is 1. The summed E-state index contributed by atoms with van der Waals surface area (Å²) in [5.74, 6) is -2.41. The summed E-state index contributed by atoms with van der Waals surface area (Å²) in [5, 5.41) is 21.9. The van der Waals surface area contributed by atoms with Crippen molar-refractivity contribution in [2.45, 2.75) is 44.6 Å². The number of thiophene rings is 1. The van der Waals surface area contributed by atoms with Crippen LogP contribution in [0.5, 0.6) is 0 Å². The largest absolute Gasteiger partial charge is 0.481 e. The van der Waals surface area contributed by atoms with Crippen LogP contribution in [0.2, 0.25) is 0 Å². The van der Waals surface area contributed by atoms with Gasteiger partial charge < -0.3 is 15.5 Å². The number of hydrogen-bond donors (Lipinski definition) is 3. The highest BCUT2D eigenvalue weighted by molar-refractivity contribution is 7.09. The van der Waals surface area contributed by atoms with Gasteiger partial charge in [0.2, 0.25) is 5.91 Å². The Morgan fingerprint density at radius 2 is 1.95 bits per heavy atom. The quantitative estimate of drug-likeness (QED) is 0.612. The van der Waals surface area contributed by atoms with Crippen molar-refractivity contribution < 1.29 is 24.6 Å². The molecule has 1 heterocycles. The minimum absolute atomic E-state index is 0.0992. The maximum Gasteiger partial charge on any atom is 0.326 e. The van der Waals surface area contributed by atoms with E-state index in [1.54, 1.807) is 11.3 Å². The lowest BCUT2D eigenvalue weighted by atomic mass is 10.1. The molecule has 0 spiro atoms. The molecule has 0 radical (unpaired) electrons. The van der Waals surface area contributed by atoms with Gasteiger partial charge in [-0.1, -0.05) is 6.07 Å². The molecule has 0 bridgehead atoms. The van der Waals surface area contributed by atoms with Gasteiger partial charge in [-0.25, -0.2) is 4.79 Å². The van der Waals surface area contributed by atoms with Gasteiger partial charge in [-0.2, -0.15) is 0 Å². The summed E-state index contributed by atoms with van der Waals surface area (Å²) in [6.45, 7) is 0. The van der Waals surface area contributed by atoms with Gasteiger partial charge >= 0.3 is 11.9 Å². The van der Waals surface area contributed by atoms with E-state index in [9.17, 15) is 14.4 Å². The summed E-state index contributed by atoms with van der Waals surface area (Å²) in [5.41, 5.74) is 0. The maximum absolute atomic E-state index is 11.7. The number of carboxylic acids is 2. The lowest BCUT2D eigenvalue weighted by Crippen LogP contribution is -2.40. The predicted molar refractivity (Wildman–Crippen MR) is 78.3 cm³/mol. The Bertz CT molecular complexity index is 472. The number of carboxylic acid groups (broad SMARTS) is 2. The summed E-state index contributed by atoms with van der Waals surface area (Å²) in [6, 6.07) is 2.93. The van der Waals surface area contributed by atoms with Crippen LogP contribution in [0.15, 0.2) is 17.5 Å². The molecular weight excluding hydrogens is 294 g/mol.